The van der Waals surface area contributed by atoms with E-state index < -0.39 is 19.0 Å². The molecule has 8 heteroatoms. The third kappa shape index (κ3) is 5.16. The largest absolute Gasteiger partial charge is 0.476 e. The normalized spacial score (nSPS) is 10.5. The number of alkyl halides is 2. The number of aromatic nitrogens is 2. The van der Waals surface area contributed by atoms with Gasteiger partial charge in [0.1, 0.15) is 12.4 Å². The zero-order chi connectivity index (χ0) is 12.7. The number of nitrogens with one attached hydrogen (secondary N) is 1. The number of carbonyl (C=O) groups is 1. The lowest BCUT2D eigenvalue weighted by atomic mass is 10.4. The molecule has 1 aromatic rings. The second kappa shape index (κ2) is 6.69. The van der Waals surface area contributed by atoms with Gasteiger partial charge in [-0.1, -0.05) is 0 Å². The topological polar surface area (TPSA) is 84.3 Å². The minimum atomic E-state index is -2.48. The van der Waals surface area contributed by atoms with Crippen LogP contribution in [0.15, 0.2) is 12.4 Å². The molecule has 6 nitrogen and oxygen atoms in total. The van der Waals surface area contributed by atoms with Crippen LogP contribution in [0.2, 0.25) is 0 Å². The van der Waals surface area contributed by atoms with Gasteiger partial charge in [-0.05, 0) is 0 Å². The van der Waals surface area contributed by atoms with E-state index >= 15 is 0 Å². The maximum absolute atomic E-state index is 11.7. The fourth-order valence-electron chi connectivity index (χ4n) is 0.953. The van der Waals surface area contributed by atoms with Gasteiger partial charge in [0.25, 0.3) is 6.43 Å². The van der Waals surface area contributed by atoms with Gasteiger partial charge in [-0.15, -0.1) is 0 Å². The van der Waals surface area contributed by atoms with E-state index in [-0.39, 0.29) is 18.8 Å². The molecule has 94 valence electrons. The van der Waals surface area contributed by atoms with Crippen molar-refractivity contribution in [2.75, 3.05) is 25.1 Å². The second-order valence-electron chi connectivity index (χ2n) is 2.98. The lowest BCUT2D eigenvalue weighted by Gasteiger charge is -2.05. The summed E-state index contributed by atoms with van der Waals surface area (Å²) in [4.78, 5) is 17.9. The Morgan fingerprint density at radius 2 is 2.24 bits per heavy atom. The highest BCUT2D eigenvalue weighted by atomic mass is 19.3. The van der Waals surface area contributed by atoms with Crippen LogP contribution >= 0.6 is 0 Å². The maximum Gasteiger partial charge on any atom is 0.356 e. The summed E-state index contributed by atoms with van der Waals surface area (Å²) < 4.78 is 28.0. The summed E-state index contributed by atoms with van der Waals surface area (Å²) in [5.74, 6) is -0.806. The van der Waals surface area contributed by atoms with Crippen molar-refractivity contribution in [2.24, 2.45) is 0 Å². The zero-order valence-corrected chi connectivity index (χ0v) is 8.77. The SMILES string of the molecule is O=C(O)c1cnc(NCCOCC(F)F)cn1. The van der Waals surface area contributed by atoms with Gasteiger partial charge < -0.3 is 15.2 Å². The highest BCUT2D eigenvalue weighted by molar-refractivity contribution is 5.84. The molecule has 0 amide bonds. The van der Waals surface area contributed by atoms with Crippen LogP contribution in [0.4, 0.5) is 14.6 Å². The van der Waals surface area contributed by atoms with Crippen LogP contribution < -0.4 is 5.32 Å². The molecule has 0 saturated heterocycles. The van der Waals surface area contributed by atoms with E-state index in [1.54, 1.807) is 0 Å². The van der Waals surface area contributed by atoms with Crippen molar-refractivity contribution in [2.45, 2.75) is 6.43 Å². The molecule has 0 aliphatic carbocycles. The molecule has 1 heterocycles. The van der Waals surface area contributed by atoms with Crippen LogP contribution in [0.25, 0.3) is 0 Å². The maximum atomic E-state index is 11.7. The van der Waals surface area contributed by atoms with E-state index in [2.05, 4.69) is 20.0 Å². The quantitative estimate of drug-likeness (QED) is 0.695. The van der Waals surface area contributed by atoms with Crippen molar-refractivity contribution >= 4 is 11.8 Å². The number of ether oxygens (including phenoxy) is 1. The number of rotatable bonds is 7. The van der Waals surface area contributed by atoms with Crippen molar-refractivity contribution in [3.05, 3.63) is 18.1 Å². The van der Waals surface area contributed by atoms with Crippen molar-refractivity contribution in [1.82, 2.24) is 9.97 Å². The van der Waals surface area contributed by atoms with Gasteiger partial charge in [0.15, 0.2) is 5.69 Å². The first kappa shape index (κ1) is 13.2. The first-order valence-electron chi connectivity index (χ1n) is 4.74. The van der Waals surface area contributed by atoms with E-state index in [9.17, 15) is 13.6 Å². The number of hydrogen-bond donors (Lipinski definition) is 2. The molecule has 0 aliphatic rings. The van der Waals surface area contributed by atoms with Gasteiger partial charge in [0.2, 0.25) is 0 Å². The molecule has 0 atom stereocenters. The standard InChI is InChI=1S/C9H11F2N3O3/c10-7(11)5-17-2-1-12-8-4-13-6(3-14-8)9(15)16/h3-4,7H,1-2,5H2,(H,12,14)(H,15,16). The molecule has 0 saturated carbocycles. The first-order chi connectivity index (χ1) is 8.09. The lowest BCUT2D eigenvalue weighted by molar-refractivity contribution is 0.0215. The van der Waals surface area contributed by atoms with Crippen molar-refractivity contribution in [3.8, 4) is 0 Å². The van der Waals surface area contributed by atoms with Gasteiger partial charge >= 0.3 is 5.97 Å². The average molecular weight is 247 g/mol. The molecule has 17 heavy (non-hydrogen) atoms. The molecule has 0 spiro atoms. The summed E-state index contributed by atoms with van der Waals surface area (Å²) >= 11 is 0. The van der Waals surface area contributed by atoms with E-state index in [1.165, 1.54) is 6.20 Å². The van der Waals surface area contributed by atoms with Gasteiger partial charge in [0, 0.05) is 6.54 Å². The van der Waals surface area contributed by atoms with Crippen LogP contribution in [0, 0.1) is 0 Å². The van der Waals surface area contributed by atoms with Gasteiger partial charge in [-0.3, -0.25) is 0 Å². The Morgan fingerprint density at radius 3 is 2.76 bits per heavy atom. The number of carboxylic acid groups (broad SMARTS) is 1. The monoisotopic (exact) mass is 247 g/mol. The van der Waals surface area contributed by atoms with Crippen LogP contribution in [0.1, 0.15) is 10.5 Å². The Morgan fingerprint density at radius 1 is 1.47 bits per heavy atom. The van der Waals surface area contributed by atoms with Crippen LogP contribution in [-0.4, -0.2) is 47.2 Å². The number of anilines is 1. The molecular weight excluding hydrogens is 236 g/mol. The molecular formula is C9H11F2N3O3. The minimum absolute atomic E-state index is 0.104. The Bertz CT molecular complexity index is 359. The van der Waals surface area contributed by atoms with E-state index in [1.807, 2.05) is 0 Å². The number of nitrogens with zero attached hydrogens (tertiary/aromatic N) is 2. The molecule has 0 bridgehead atoms. The summed E-state index contributed by atoms with van der Waals surface area (Å²) in [6, 6.07) is 0. The summed E-state index contributed by atoms with van der Waals surface area (Å²) in [5.41, 5.74) is -0.162. The number of hydrogen-bond acceptors (Lipinski definition) is 5. The smallest absolute Gasteiger partial charge is 0.356 e. The van der Waals surface area contributed by atoms with Crippen LogP contribution in [0.3, 0.4) is 0 Å². The number of halogens is 2. The molecule has 1 aromatic heterocycles. The highest BCUT2D eigenvalue weighted by Gasteiger charge is 2.04. The van der Waals surface area contributed by atoms with E-state index in [4.69, 9.17) is 5.11 Å². The first-order valence-corrected chi connectivity index (χ1v) is 4.74. The second-order valence-corrected chi connectivity index (χ2v) is 2.98. The number of carboxylic acids is 1. The fourth-order valence-corrected chi connectivity index (χ4v) is 0.953. The summed E-state index contributed by atoms with van der Waals surface area (Å²) in [5, 5.41) is 11.3. The van der Waals surface area contributed by atoms with Crippen molar-refractivity contribution < 1.29 is 23.4 Å². The van der Waals surface area contributed by atoms with Gasteiger partial charge in [-0.2, -0.15) is 0 Å². The molecule has 0 radical (unpaired) electrons. The van der Waals surface area contributed by atoms with Gasteiger partial charge in [-0.25, -0.2) is 23.5 Å². The van der Waals surface area contributed by atoms with Crippen molar-refractivity contribution in [3.63, 3.8) is 0 Å². The Kier molecular flexibility index (Phi) is 5.21. The lowest BCUT2D eigenvalue weighted by Crippen LogP contribution is -2.14. The number of aromatic carboxylic acids is 1. The molecule has 2 N–H and O–H groups in total. The van der Waals surface area contributed by atoms with Crippen LogP contribution in [-0.2, 0) is 4.74 Å². The average Bonchev–Trinajstić information content (AvgIpc) is 2.29. The predicted molar refractivity (Wildman–Crippen MR) is 54.3 cm³/mol. The summed E-state index contributed by atoms with van der Waals surface area (Å²) in [6.07, 6.45) is -0.133. The third-order valence-corrected chi connectivity index (χ3v) is 1.67. The Hall–Kier alpha value is -1.83. The molecule has 0 aliphatic heterocycles. The van der Waals surface area contributed by atoms with E-state index in [0.717, 1.165) is 6.20 Å². The molecule has 0 unspecified atom stereocenters. The molecule has 1 rings (SSSR count). The Balaban J connectivity index is 2.25. The zero-order valence-electron chi connectivity index (χ0n) is 8.77. The highest BCUT2D eigenvalue weighted by Crippen LogP contribution is 2.00. The van der Waals surface area contributed by atoms with E-state index in [0.29, 0.717) is 5.82 Å². The summed E-state index contributed by atoms with van der Waals surface area (Å²) in [7, 11) is 0. The van der Waals surface area contributed by atoms with Gasteiger partial charge in [0.05, 0.1) is 19.0 Å². The third-order valence-electron chi connectivity index (χ3n) is 1.67. The minimum Gasteiger partial charge on any atom is -0.476 e. The molecule has 0 fully saturated rings. The Labute approximate surface area is 95.6 Å². The fraction of sp³-hybridized carbons (Fsp3) is 0.444. The summed E-state index contributed by atoms with van der Waals surface area (Å²) in [6.45, 7) is -0.216. The van der Waals surface area contributed by atoms with Crippen LogP contribution in [0.5, 0.6) is 0 Å². The molecule has 0 aromatic carbocycles. The van der Waals surface area contributed by atoms with Crippen molar-refractivity contribution in [1.29, 1.82) is 0 Å². The predicted octanol–water partition coefficient (Wildman–Crippen LogP) is 0.868.